The molecule has 8 heteroatoms. The van der Waals surface area contributed by atoms with Gasteiger partial charge in [0.2, 0.25) is 0 Å². The molecule has 0 saturated heterocycles. The van der Waals surface area contributed by atoms with Gasteiger partial charge in [0.05, 0.1) is 16.2 Å². The van der Waals surface area contributed by atoms with Crippen molar-refractivity contribution in [3.63, 3.8) is 0 Å². The zero-order valence-corrected chi connectivity index (χ0v) is 16.7. The maximum atomic E-state index is 12.4. The van der Waals surface area contributed by atoms with Crippen LogP contribution in [0.15, 0.2) is 69.3 Å². The average Bonchev–Trinajstić information content (AvgIpc) is 2.67. The fourth-order valence-electron chi connectivity index (χ4n) is 3.09. The van der Waals surface area contributed by atoms with Crippen molar-refractivity contribution in [3.05, 3.63) is 86.7 Å². The molecule has 7 nitrogen and oxygen atoms in total. The zero-order valence-electron chi connectivity index (χ0n) is 15.9. The van der Waals surface area contributed by atoms with Crippen LogP contribution in [-0.2, 0) is 0 Å². The Labute approximate surface area is 170 Å². The van der Waals surface area contributed by atoms with E-state index >= 15 is 0 Å². The number of thioether (sulfide) groups is 1. The molecule has 0 bridgehead atoms. The van der Waals surface area contributed by atoms with Crippen molar-refractivity contribution < 1.29 is 0 Å². The van der Waals surface area contributed by atoms with Gasteiger partial charge in [0.1, 0.15) is 11.6 Å². The molecule has 0 radical (unpaired) electrons. The van der Waals surface area contributed by atoms with Gasteiger partial charge in [0, 0.05) is 11.8 Å². The van der Waals surface area contributed by atoms with E-state index in [1.807, 2.05) is 44.2 Å². The molecule has 3 N–H and O–H groups in total. The van der Waals surface area contributed by atoms with Crippen LogP contribution in [0, 0.1) is 6.92 Å². The van der Waals surface area contributed by atoms with Crippen LogP contribution in [0.2, 0.25) is 0 Å². The average molecular weight is 405 g/mol. The Bertz CT molecular complexity index is 1330. The number of benzene rings is 2. The zero-order chi connectivity index (χ0) is 20.5. The molecule has 2 aromatic carbocycles. The summed E-state index contributed by atoms with van der Waals surface area (Å²) >= 11 is 1.31. The summed E-state index contributed by atoms with van der Waals surface area (Å²) < 4.78 is 1.73. The largest absolute Gasteiger partial charge is 0.385 e. The Morgan fingerprint density at radius 1 is 1.07 bits per heavy atom. The quantitative estimate of drug-likeness (QED) is 0.399. The molecule has 146 valence electrons. The van der Waals surface area contributed by atoms with E-state index in [0.29, 0.717) is 27.7 Å². The number of H-pyrrole nitrogens is 1. The van der Waals surface area contributed by atoms with Gasteiger partial charge in [-0.25, -0.2) is 4.98 Å². The van der Waals surface area contributed by atoms with Crippen LogP contribution in [0.25, 0.3) is 16.6 Å². The summed E-state index contributed by atoms with van der Waals surface area (Å²) in [4.78, 5) is 36.0. The van der Waals surface area contributed by atoms with Crippen molar-refractivity contribution in [3.8, 4) is 5.69 Å². The molecule has 0 fully saturated rings. The number of hydrogen-bond donors (Lipinski definition) is 2. The van der Waals surface area contributed by atoms with E-state index in [-0.39, 0.29) is 10.8 Å². The number of fused-ring (bicyclic) bond motifs is 1. The smallest absolute Gasteiger partial charge is 0.275 e. The van der Waals surface area contributed by atoms with Gasteiger partial charge < -0.3 is 10.7 Å². The number of aromatic nitrogens is 4. The highest BCUT2D eigenvalue weighted by Crippen LogP contribution is 2.33. The van der Waals surface area contributed by atoms with Crippen LogP contribution in [0.3, 0.4) is 0 Å². The van der Waals surface area contributed by atoms with E-state index in [9.17, 15) is 9.59 Å². The number of nitrogens with one attached hydrogen (secondary N) is 1. The number of nitrogens with two attached hydrogens (primary N) is 1. The number of aromatic amines is 1. The van der Waals surface area contributed by atoms with E-state index in [0.717, 1.165) is 11.3 Å². The van der Waals surface area contributed by atoms with Crippen LogP contribution >= 0.6 is 11.8 Å². The second-order valence-corrected chi connectivity index (χ2v) is 8.01. The van der Waals surface area contributed by atoms with Gasteiger partial charge >= 0.3 is 0 Å². The number of aryl methyl sites for hydroxylation is 1. The third-order valence-corrected chi connectivity index (χ3v) is 5.55. The van der Waals surface area contributed by atoms with E-state index in [1.54, 1.807) is 22.8 Å². The highest BCUT2D eigenvalue weighted by atomic mass is 32.2. The first-order valence-electron chi connectivity index (χ1n) is 9.04. The van der Waals surface area contributed by atoms with E-state index < -0.39 is 5.56 Å². The summed E-state index contributed by atoms with van der Waals surface area (Å²) in [5.41, 5.74) is 8.03. The van der Waals surface area contributed by atoms with Gasteiger partial charge in [-0.05, 0) is 43.7 Å². The molecule has 4 aromatic rings. The maximum absolute atomic E-state index is 12.4. The third kappa shape index (κ3) is 3.79. The van der Waals surface area contributed by atoms with Gasteiger partial charge in [-0.1, -0.05) is 36.0 Å². The molecule has 0 spiro atoms. The Morgan fingerprint density at radius 2 is 1.86 bits per heavy atom. The normalized spacial score (nSPS) is 12.2. The molecule has 2 heterocycles. The van der Waals surface area contributed by atoms with Crippen LogP contribution in [0.1, 0.15) is 23.6 Å². The third-order valence-electron chi connectivity index (χ3n) is 4.48. The molecule has 0 aliphatic rings. The first-order chi connectivity index (χ1) is 13.9. The molecular weight excluding hydrogens is 386 g/mol. The molecule has 0 aliphatic carbocycles. The number of para-hydroxylation sites is 1. The second kappa shape index (κ2) is 7.56. The van der Waals surface area contributed by atoms with E-state index in [4.69, 9.17) is 5.73 Å². The second-order valence-electron chi connectivity index (χ2n) is 6.70. The lowest BCUT2D eigenvalue weighted by molar-refractivity contribution is 0.811. The van der Waals surface area contributed by atoms with Crippen LogP contribution in [0.4, 0.5) is 5.82 Å². The highest BCUT2D eigenvalue weighted by molar-refractivity contribution is 7.99. The fraction of sp³-hybridized carbons (Fsp3) is 0.143. The van der Waals surface area contributed by atoms with Crippen LogP contribution in [0.5, 0.6) is 0 Å². The first-order valence-corrected chi connectivity index (χ1v) is 9.92. The van der Waals surface area contributed by atoms with Crippen molar-refractivity contribution in [2.75, 3.05) is 5.73 Å². The van der Waals surface area contributed by atoms with Gasteiger partial charge in [0.15, 0.2) is 5.16 Å². The number of rotatable bonds is 4. The summed E-state index contributed by atoms with van der Waals surface area (Å²) in [5, 5.41) is 0.702. The van der Waals surface area contributed by atoms with Crippen molar-refractivity contribution in [1.82, 2.24) is 19.5 Å². The predicted molar refractivity (Wildman–Crippen MR) is 116 cm³/mol. The lowest BCUT2D eigenvalue weighted by Gasteiger charge is -2.17. The minimum absolute atomic E-state index is 0.199. The van der Waals surface area contributed by atoms with Gasteiger partial charge in [0.25, 0.3) is 11.1 Å². The molecule has 29 heavy (non-hydrogen) atoms. The number of nitrogen functional groups attached to an aromatic ring is 1. The van der Waals surface area contributed by atoms with Crippen molar-refractivity contribution >= 4 is 28.5 Å². The number of anilines is 1. The molecule has 2 aromatic heterocycles. The summed E-state index contributed by atoms with van der Waals surface area (Å²) in [7, 11) is 0. The lowest BCUT2D eigenvalue weighted by Crippen LogP contribution is -2.18. The molecular formula is C21H19N5O2S. The number of hydrogen-bond acceptors (Lipinski definition) is 6. The standard InChI is InChI=1S/C21H19N5O2S/c1-12-6-5-7-14(10-12)26-17(22)11-18(27)24-21(26)29-13(2)19-23-16-9-4-3-8-15(16)20(28)25-19/h3-11,13H,22H2,1-2H3,(H,23,25,28)/t13-/m1/s1. The minimum Gasteiger partial charge on any atom is -0.385 e. The Balaban J connectivity index is 1.78. The Hall–Kier alpha value is -3.39. The summed E-state index contributed by atoms with van der Waals surface area (Å²) in [6.45, 7) is 3.88. The molecule has 4 rings (SSSR count). The molecule has 0 amide bonds. The van der Waals surface area contributed by atoms with Gasteiger partial charge in [-0.3, -0.25) is 14.2 Å². The minimum atomic E-state index is -0.416. The Morgan fingerprint density at radius 3 is 2.66 bits per heavy atom. The van der Waals surface area contributed by atoms with Gasteiger partial charge in [-0.2, -0.15) is 4.98 Å². The topological polar surface area (TPSA) is 107 Å². The monoisotopic (exact) mass is 405 g/mol. The number of nitrogens with zero attached hydrogens (tertiary/aromatic N) is 3. The molecule has 0 unspecified atom stereocenters. The van der Waals surface area contributed by atoms with Crippen molar-refractivity contribution in [1.29, 1.82) is 0 Å². The summed E-state index contributed by atoms with van der Waals surface area (Å²) in [6.07, 6.45) is 0. The van der Waals surface area contributed by atoms with Gasteiger partial charge in [-0.15, -0.1) is 0 Å². The maximum Gasteiger partial charge on any atom is 0.275 e. The summed E-state index contributed by atoms with van der Waals surface area (Å²) in [5.74, 6) is 0.802. The summed E-state index contributed by atoms with van der Waals surface area (Å²) in [6, 6.07) is 16.2. The fourth-order valence-corrected chi connectivity index (χ4v) is 4.09. The van der Waals surface area contributed by atoms with Crippen LogP contribution in [-0.4, -0.2) is 19.5 Å². The van der Waals surface area contributed by atoms with Crippen molar-refractivity contribution in [2.24, 2.45) is 0 Å². The SMILES string of the molecule is Cc1cccc(-n2c(N)cc(=O)nc2S[C@H](C)c2nc3ccccc3c(=O)[nH]2)c1. The first kappa shape index (κ1) is 18.9. The van der Waals surface area contributed by atoms with Crippen LogP contribution < -0.4 is 16.9 Å². The van der Waals surface area contributed by atoms with E-state index in [2.05, 4.69) is 15.0 Å². The molecule has 1 atom stereocenters. The Kier molecular flexibility index (Phi) is 4.94. The highest BCUT2D eigenvalue weighted by Gasteiger charge is 2.18. The molecule has 0 saturated carbocycles. The lowest BCUT2D eigenvalue weighted by atomic mass is 10.2. The predicted octanol–water partition coefficient (Wildman–Crippen LogP) is 3.21. The molecule has 0 aliphatic heterocycles. The van der Waals surface area contributed by atoms with Crippen molar-refractivity contribution in [2.45, 2.75) is 24.3 Å². The van der Waals surface area contributed by atoms with E-state index in [1.165, 1.54) is 17.8 Å².